The fourth-order valence-corrected chi connectivity index (χ4v) is 10.1. The Balaban J connectivity index is 1.20. The molecule has 4 aliphatic carbocycles. The van der Waals surface area contributed by atoms with Gasteiger partial charge in [-0.05, 0) is 105 Å². The normalized spacial score (nSPS) is 39.5. The van der Waals surface area contributed by atoms with Crippen LogP contribution in [0.5, 0.6) is 0 Å². The van der Waals surface area contributed by atoms with Crippen LogP contribution in [0.3, 0.4) is 0 Å². The summed E-state index contributed by atoms with van der Waals surface area (Å²) >= 11 is 6.75. The third kappa shape index (κ3) is 4.05. The van der Waals surface area contributed by atoms with Crippen molar-refractivity contribution in [3.63, 3.8) is 0 Å². The second kappa shape index (κ2) is 9.48. The summed E-state index contributed by atoms with van der Waals surface area (Å²) in [5.41, 5.74) is 7.19. The van der Waals surface area contributed by atoms with Crippen LogP contribution in [-0.2, 0) is 0 Å². The minimum atomic E-state index is -0.131. The lowest BCUT2D eigenvalue weighted by atomic mass is 9.47. The van der Waals surface area contributed by atoms with Gasteiger partial charge in [0, 0.05) is 18.1 Å². The summed E-state index contributed by atoms with van der Waals surface area (Å²) in [6, 6.07) is 17.4. The maximum absolute atomic E-state index is 10.4. The number of halogens is 1. The maximum atomic E-state index is 10.4. The summed E-state index contributed by atoms with van der Waals surface area (Å²) in [6.45, 7) is 7.30. The number of anilines is 1. The molecule has 0 amide bonds. The van der Waals surface area contributed by atoms with Crippen molar-refractivity contribution in [3.05, 3.63) is 76.3 Å². The van der Waals surface area contributed by atoms with Gasteiger partial charge in [0.1, 0.15) is 0 Å². The van der Waals surface area contributed by atoms with E-state index in [1.165, 1.54) is 48.9 Å². The Morgan fingerprint density at radius 1 is 0.923 bits per heavy atom. The fourth-order valence-electron chi connectivity index (χ4n) is 9.84. The number of para-hydroxylation sites is 1. The van der Waals surface area contributed by atoms with E-state index >= 15 is 0 Å². The number of hydrogen-bond donors (Lipinski definition) is 1. The maximum Gasteiger partial charge on any atom is 0.0828 e. The fraction of sp³-hybridized carbons (Fsp3) is 0.571. The topological polar surface area (TPSA) is 35.8 Å². The van der Waals surface area contributed by atoms with Gasteiger partial charge in [-0.3, -0.25) is 5.01 Å². The van der Waals surface area contributed by atoms with Gasteiger partial charge in [0.05, 0.1) is 22.9 Å². The van der Waals surface area contributed by atoms with Gasteiger partial charge in [-0.2, -0.15) is 5.10 Å². The highest BCUT2D eigenvalue weighted by molar-refractivity contribution is 6.33. The number of rotatable bonds is 3. The number of allylic oxidation sites excluding steroid dienone is 1. The van der Waals surface area contributed by atoms with E-state index in [-0.39, 0.29) is 12.1 Å². The average Bonchev–Trinajstić information content (AvgIpc) is 3.51. The molecule has 3 nitrogen and oxygen atoms in total. The molecule has 39 heavy (non-hydrogen) atoms. The lowest BCUT2D eigenvalue weighted by molar-refractivity contribution is -0.0424. The smallest absolute Gasteiger partial charge is 0.0828 e. The Bertz CT molecular complexity index is 1320. The van der Waals surface area contributed by atoms with Gasteiger partial charge in [-0.1, -0.05) is 79.1 Å². The van der Waals surface area contributed by atoms with Crippen LogP contribution in [-0.4, -0.2) is 16.9 Å². The first kappa shape index (κ1) is 25.8. The molecule has 0 spiro atoms. The highest BCUT2D eigenvalue weighted by Crippen LogP contribution is 2.67. The molecule has 2 aromatic rings. The molecule has 1 aliphatic heterocycles. The van der Waals surface area contributed by atoms with Crippen molar-refractivity contribution in [2.24, 2.45) is 39.6 Å². The van der Waals surface area contributed by atoms with E-state index in [0.717, 1.165) is 54.1 Å². The van der Waals surface area contributed by atoms with E-state index in [4.69, 9.17) is 16.7 Å². The van der Waals surface area contributed by atoms with Gasteiger partial charge in [-0.15, -0.1) is 0 Å². The Kier molecular flexibility index (Phi) is 6.28. The first-order valence-corrected chi connectivity index (χ1v) is 15.7. The van der Waals surface area contributed by atoms with E-state index in [1.54, 1.807) is 5.57 Å². The number of nitrogens with zero attached hydrogens (tertiary/aromatic N) is 2. The summed E-state index contributed by atoms with van der Waals surface area (Å²) in [4.78, 5) is 0. The second-order valence-electron chi connectivity index (χ2n) is 13.8. The lowest BCUT2D eigenvalue weighted by Gasteiger charge is -2.58. The molecule has 7 rings (SSSR count). The first-order chi connectivity index (χ1) is 18.8. The summed E-state index contributed by atoms with van der Waals surface area (Å²) in [5, 5.41) is 18.8. The highest BCUT2D eigenvalue weighted by atomic mass is 35.5. The van der Waals surface area contributed by atoms with Crippen LogP contribution in [0.4, 0.5) is 5.69 Å². The standard InChI is InChI=1S/C35H43ClN2O/c1-22-8-10-23(11-9-22)33-21-31(37-38(33)32-7-5-4-6-30(32)36)29-15-14-27-26-13-12-24-20-25(39)16-18-34(24,2)28(26)17-19-35(27,29)3/h4-12,25-29,33,39H,13-21H2,1-3H3/t25-,26-,27-,28-,29+,33?,34-,35-/m0/s1. The van der Waals surface area contributed by atoms with Crippen molar-refractivity contribution in [2.45, 2.75) is 90.7 Å². The minimum Gasteiger partial charge on any atom is -0.393 e. The molecule has 2 aromatic carbocycles. The average molecular weight is 543 g/mol. The van der Waals surface area contributed by atoms with Crippen LogP contribution in [0, 0.1) is 41.4 Å². The molecule has 3 saturated carbocycles. The molecule has 1 N–H and O–H groups in total. The van der Waals surface area contributed by atoms with Crippen molar-refractivity contribution in [2.75, 3.05) is 5.01 Å². The van der Waals surface area contributed by atoms with Crippen LogP contribution in [0.15, 0.2) is 65.3 Å². The predicted molar refractivity (Wildman–Crippen MR) is 161 cm³/mol. The molecule has 0 saturated heterocycles. The highest BCUT2D eigenvalue weighted by Gasteiger charge is 2.59. The molecule has 8 atom stereocenters. The van der Waals surface area contributed by atoms with E-state index in [9.17, 15) is 5.11 Å². The van der Waals surface area contributed by atoms with Gasteiger partial charge < -0.3 is 5.11 Å². The Hall–Kier alpha value is -2.10. The van der Waals surface area contributed by atoms with Gasteiger partial charge in [0.15, 0.2) is 0 Å². The molecular weight excluding hydrogens is 500 g/mol. The van der Waals surface area contributed by atoms with Crippen molar-refractivity contribution in [3.8, 4) is 0 Å². The Morgan fingerprint density at radius 2 is 1.72 bits per heavy atom. The minimum absolute atomic E-state index is 0.131. The van der Waals surface area contributed by atoms with E-state index in [2.05, 4.69) is 68.3 Å². The van der Waals surface area contributed by atoms with Crippen LogP contribution in [0.25, 0.3) is 0 Å². The van der Waals surface area contributed by atoms with Crippen molar-refractivity contribution < 1.29 is 5.11 Å². The van der Waals surface area contributed by atoms with Crippen LogP contribution < -0.4 is 5.01 Å². The number of aryl methyl sites for hydroxylation is 1. The molecule has 5 aliphatic rings. The van der Waals surface area contributed by atoms with Gasteiger partial charge in [0.2, 0.25) is 0 Å². The third-order valence-electron chi connectivity index (χ3n) is 12.0. The summed E-state index contributed by atoms with van der Waals surface area (Å²) in [6.07, 6.45) is 12.8. The lowest BCUT2D eigenvalue weighted by Crippen LogP contribution is -2.51. The van der Waals surface area contributed by atoms with E-state index in [1.807, 2.05) is 12.1 Å². The zero-order valence-corrected chi connectivity index (χ0v) is 24.5. The van der Waals surface area contributed by atoms with Crippen molar-refractivity contribution >= 4 is 23.0 Å². The zero-order chi connectivity index (χ0) is 26.9. The van der Waals surface area contributed by atoms with Crippen molar-refractivity contribution in [1.82, 2.24) is 0 Å². The third-order valence-corrected chi connectivity index (χ3v) is 12.3. The monoisotopic (exact) mass is 542 g/mol. The van der Waals surface area contributed by atoms with Crippen molar-refractivity contribution in [1.29, 1.82) is 0 Å². The molecule has 206 valence electrons. The van der Waals surface area contributed by atoms with E-state index < -0.39 is 0 Å². The number of hydrazone groups is 1. The molecular formula is C35H43ClN2O. The Morgan fingerprint density at radius 3 is 2.51 bits per heavy atom. The summed E-state index contributed by atoms with van der Waals surface area (Å²) in [7, 11) is 0. The first-order valence-electron chi connectivity index (χ1n) is 15.3. The largest absolute Gasteiger partial charge is 0.393 e. The van der Waals surface area contributed by atoms with Gasteiger partial charge >= 0.3 is 0 Å². The number of hydrogen-bond acceptors (Lipinski definition) is 3. The predicted octanol–water partition coefficient (Wildman–Crippen LogP) is 8.90. The molecule has 3 fully saturated rings. The SMILES string of the molecule is Cc1ccc(C2CC([C@H]3CC[C@H]4[C@@H]5CC=C6C[C@@H](O)CC[C@]6(C)[C@H]5CC[C@]34C)=NN2c2ccccc2Cl)cc1. The van der Waals surface area contributed by atoms with E-state index in [0.29, 0.717) is 16.7 Å². The number of benzene rings is 2. The molecule has 0 aromatic heterocycles. The Labute approximate surface area is 239 Å². The number of aliphatic hydroxyl groups excluding tert-OH is 1. The molecule has 4 heteroatoms. The quantitative estimate of drug-likeness (QED) is 0.393. The van der Waals surface area contributed by atoms with Gasteiger partial charge in [-0.25, -0.2) is 0 Å². The number of fused-ring (bicyclic) bond motifs is 5. The van der Waals surface area contributed by atoms with Crippen LogP contribution in [0.1, 0.15) is 88.8 Å². The van der Waals surface area contributed by atoms with Crippen LogP contribution in [0.2, 0.25) is 5.02 Å². The molecule has 0 bridgehead atoms. The second-order valence-corrected chi connectivity index (χ2v) is 14.3. The molecule has 0 radical (unpaired) electrons. The zero-order valence-electron chi connectivity index (χ0n) is 23.7. The van der Waals surface area contributed by atoms with Crippen LogP contribution >= 0.6 is 11.6 Å². The van der Waals surface area contributed by atoms with Gasteiger partial charge in [0.25, 0.3) is 0 Å². The molecule has 1 unspecified atom stereocenters. The molecule has 1 heterocycles. The summed E-state index contributed by atoms with van der Waals surface area (Å²) < 4.78 is 0. The summed E-state index contributed by atoms with van der Waals surface area (Å²) in [5.74, 6) is 2.84. The number of aliphatic hydroxyl groups is 1.